The Balaban J connectivity index is 2.74. The molecule has 0 aliphatic rings. The molecule has 0 saturated heterocycles. The van der Waals surface area contributed by atoms with E-state index in [2.05, 4.69) is 11.9 Å². The highest BCUT2D eigenvalue weighted by atomic mass is 16.5. The Morgan fingerprint density at radius 2 is 2.18 bits per heavy atom. The van der Waals surface area contributed by atoms with Gasteiger partial charge < -0.3 is 9.64 Å². The van der Waals surface area contributed by atoms with Crippen LogP contribution in [0.1, 0.15) is 26.0 Å². The van der Waals surface area contributed by atoms with Crippen molar-refractivity contribution in [3.05, 3.63) is 23.9 Å². The summed E-state index contributed by atoms with van der Waals surface area (Å²) in [5.41, 5.74) is 0.951. The maximum absolute atomic E-state index is 11.5. The number of carbonyl (C=O) groups excluding carboxylic acids is 1. The van der Waals surface area contributed by atoms with Gasteiger partial charge in [-0.3, -0.25) is 4.79 Å². The number of anilines is 1. The van der Waals surface area contributed by atoms with E-state index in [9.17, 15) is 4.79 Å². The summed E-state index contributed by atoms with van der Waals surface area (Å²) in [4.78, 5) is 17.9. The van der Waals surface area contributed by atoms with Crippen molar-refractivity contribution in [1.29, 1.82) is 0 Å². The molecule has 94 valence electrons. The van der Waals surface area contributed by atoms with Crippen molar-refractivity contribution < 1.29 is 9.53 Å². The van der Waals surface area contributed by atoms with Gasteiger partial charge in [0.25, 0.3) is 0 Å². The van der Waals surface area contributed by atoms with Gasteiger partial charge in [0.05, 0.1) is 6.61 Å². The second-order valence-electron chi connectivity index (χ2n) is 3.86. The average molecular weight is 236 g/mol. The molecule has 1 rings (SSSR count). The van der Waals surface area contributed by atoms with Crippen LogP contribution in [-0.4, -0.2) is 30.6 Å². The third-order valence-corrected chi connectivity index (χ3v) is 2.32. The summed E-state index contributed by atoms with van der Waals surface area (Å²) in [5.74, 6) is 0.629. The standard InChI is InChI=1S/C13H20N2O2/c1-4-9-15(10-13(16)17-5-2)12-8-6-7-11(3)14-12/h6-8H,4-5,9-10H2,1-3H3. The van der Waals surface area contributed by atoms with Crippen LogP contribution in [0.25, 0.3) is 0 Å². The van der Waals surface area contributed by atoms with Crippen molar-refractivity contribution in [2.45, 2.75) is 27.2 Å². The van der Waals surface area contributed by atoms with Crippen molar-refractivity contribution >= 4 is 11.8 Å². The molecule has 1 heterocycles. The maximum Gasteiger partial charge on any atom is 0.325 e. The first-order valence-electron chi connectivity index (χ1n) is 6.01. The third kappa shape index (κ3) is 4.43. The summed E-state index contributed by atoms with van der Waals surface area (Å²) in [6, 6.07) is 5.81. The van der Waals surface area contributed by atoms with Gasteiger partial charge in [-0.2, -0.15) is 0 Å². The number of pyridine rings is 1. The van der Waals surface area contributed by atoms with Crippen LogP contribution in [0.4, 0.5) is 5.82 Å². The third-order valence-electron chi connectivity index (χ3n) is 2.32. The Bertz CT molecular complexity index is 366. The lowest BCUT2D eigenvalue weighted by Gasteiger charge is -2.22. The molecule has 0 amide bonds. The molecule has 0 radical (unpaired) electrons. The first kappa shape index (κ1) is 13.5. The minimum absolute atomic E-state index is 0.204. The lowest BCUT2D eigenvalue weighted by molar-refractivity contribution is -0.141. The molecule has 0 unspecified atom stereocenters. The topological polar surface area (TPSA) is 42.4 Å². The normalized spacial score (nSPS) is 10.1. The van der Waals surface area contributed by atoms with E-state index in [0.717, 1.165) is 24.5 Å². The summed E-state index contributed by atoms with van der Waals surface area (Å²) in [6.07, 6.45) is 0.967. The molecule has 0 bridgehead atoms. The van der Waals surface area contributed by atoms with Crippen LogP contribution in [0.5, 0.6) is 0 Å². The van der Waals surface area contributed by atoms with Crippen LogP contribution >= 0.6 is 0 Å². The minimum Gasteiger partial charge on any atom is -0.465 e. The first-order chi connectivity index (χ1) is 8.17. The van der Waals surface area contributed by atoms with E-state index >= 15 is 0 Å². The van der Waals surface area contributed by atoms with Crippen LogP contribution in [0.3, 0.4) is 0 Å². The highest BCUT2D eigenvalue weighted by molar-refractivity contribution is 5.75. The number of aromatic nitrogens is 1. The quantitative estimate of drug-likeness (QED) is 0.710. The average Bonchev–Trinajstić information content (AvgIpc) is 2.29. The van der Waals surface area contributed by atoms with E-state index in [4.69, 9.17) is 4.74 Å². The second kappa shape index (κ2) is 6.89. The number of rotatable bonds is 6. The van der Waals surface area contributed by atoms with Gasteiger partial charge in [-0.15, -0.1) is 0 Å². The van der Waals surface area contributed by atoms with E-state index < -0.39 is 0 Å². The number of carbonyl (C=O) groups is 1. The van der Waals surface area contributed by atoms with Crippen molar-refractivity contribution in [2.24, 2.45) is 0 Å². The molecule has 17 heavy (non-hydrogen) atoms. The van der Waals surface area contributed by atoms with Crippen molar-refractivity contribution in [1.82, 2.24) is 4.98 Å². The molecular formula is C13H20N2O2. The molecule has 0 atom stereocenters. The molecule has 0 aliphatic carbocycles. The van der Waals surface area contributed by atoms with Gasteiger partial charge in [-0.25, -0.2) is 4.98 Å². The van der Waals surface area contributed by atoms with E-state index in [-0.39, 0.29) is 12.5 Å². The molecule has 4 heteroatoms. The van der Waals surface area contributed by atoms with Gasteiger partial charge in [0.1, 0.15) is 12.4 Å². The van der Waals surface area contributed by atoms with Crippen LogP contribution in [0, 0.1) is 6.92 Å². The fourth-order valence-corrected chi connectivity index (χ4v) is 1.61. The largest absolute Gasteiger partial charge is 0.465 e. The Labute approximate surface area is 103 Å². The molecule has 0 saturated carbocycles. The van der Waals surface area contributed by atoms with Crippen LogP contribution < -0.4 is 4.90 Å². The van der Waals surface area contributed by atoms with Gasteiger partial charge in [0.2, 0.25) is 0 Å². The molecule has 0 spiro atoms. The molecule has 4 nitrogen and oxygen atoms in total. The summed E-state index contributed by atoms with van der Waals surface area (Å²) in [5, 5.41) is 0. The molecule has 0 aromatic carbocycles. The summed E-state index contributed by atoms with van der Waals surface area (Å²) in [7, 11) is 0. The lowest BCUT2D eigenvalue weighted by atomic mass is 10.3. The maximum atomic E-state index is 11.5. The molecule has 1 aromatic rings. The fraction of sp³-hybridized carbons (Fsp3) is 0.538. The summed E-state index contributed by atoms with van der Waals surface area (Å²) in [6.45, 7) is 7.31. The number of hydrogen-bond donors (Lipinski definition) is 0. The van der Waals surface area contributed by atoms with Crippen molar-refractivity contribution in [3.63, 3.8) is 0 Å². The fourth-order valence-electron chi connectivity index (χ4n) is 1.61. The zero-order valence-electron chi connectivity index (χ0n) is 10.8. The molecular weight excluding hydrogens is 216 g/mol. The zero-order valence-corrected chi connectivity index (χ0v) is 10.8. The van der Waals surface area contributed by atoms with Crippen LogP contribution in [0.15, 0.2) is 18.2 Å². The van der Waals surface area contributed by atoms with Gasteiger partial charge in [0.15, 0.2) is 0 Å². The highest BCUT2D eigenvalue weighted by Crippen LogP contribution is 2.11. The smallest absolute Gasteiger partial charge is 0.325 e. The predicted molar refractivity (Wildman–Crippen MR) is 68.1 cm³/mol. The Hall–Kier alpha value is -1.58. The number of aryl methyl sites for hydroxylation is 1. The lowest BCUT2D eigenvalue weighted by Crippen LogP contribution is -2.32. The predicted octanol–water partition coefficient (Wildman–Crippen LogP) is 2.17. The van der Waals surface area contributed by atoms with Crippen molar-refractivity contribution in [3.8, 4) is 0 Å². The van der Waals surface area contributed by atoms with E-state index in [1.807, 2.05) is 36.9 Å². The Kier molecular flexibility index (Phi) is 5.46. The minimum atomic E-state index is -0.204. The molecule has 0 aliphatic heterocycles. The van der Waals surface area contributed by atoms with Gasteiger partial charge in [0, 0.05) is 12.2 Å². The second-order valence-corrected chi connectivity index (χ2v) is 3.86. The number of nitrogens with zero attached hydrogens (tertiary/aromatic N) is 2. The summed E-state index contributed by atoms with van der Waals surface area (Å²) >= 11 is 0. The number of esters is 1. The van der Waals surface area contributed by atoms with Gasteiger partial charge in [-0.05, 0) is 32.4 Å². The number of hydrogen-bond acceptors (Lipinski definition) is 4. The van der Waals surface area contributed by atoms with Crippen LogP contribution in [-0.2, 0) is 9.53 Å². The van der Waals surface area contributed by atoms with E-state index in [0.29, 0.717) is 6.61 Å². The molecule has 0 N–H and O–H groups in total. The van der Waals surface area contributed by atoms with E-state index in [1.165, 1.54) is 0 Å². The SMILES string of the molecule is CCCN(CC(=O)OCC)c1cccc(C)n1. The molecule has 0 fully saturated rings. The van der Waals surface area contributed by atoms with Crippen LogP contribution in [0.2, 0.25) is 0 Å². The van der Waals surface area contributed by atoms with Gasteiger partial charge >= 0.3 is 5.97 Å². The van der Waals surface area contributed by atoms with Gasteiger partial charge in [-0.1, -0.05) is 13.0 Å². The summed E-state index contributed by atoms with van der Waals surface area (Å²) < 4.78 is 4.96. The zero-order chi connectivity index (χ0) is 12.7. The molecule has 1 aromatic heterocycles. The Morgan fingerprint density at radius 3 is 2.76 bits per heavy atom. The first-order valence-corrected chi connectivity index (χ1v) is 6.01. The Morgan fingerprint density at radius 1 is 1.41 bits per heavy atom. The highest BCUT2D eigenvalue weighted by Gasteiger charge is 2.12. The monoisotopic (exact) mass is 236 g/mol. The van der Waals surface area contributed by atoms with E-state index in [1.54, 1.807) is 0 Å². The van der Waals surface area contributed by atoms with Crippen molar-refractivity contribution in [2.75, 3.05) is 24.6 Å². The number of ether oxygens (including phenoxy) is 1.